The van der Waals surface area contributed by atoms with Gasteiger partial charge in [0.05, 0.1) is 5.56 Å². The van der Waals surface area contributed by atoms with Crippen molar-refractivity contribution in [3.8, 4) is 11.1 Å². The number of aromatic nitrogens is 3. The average Bonchev–Trinajstić information content (AvgIpc) is 2.85. The van der Waals surface area contributed by atoms with Gasteiger partial charge in [-0.15, -0.1) is 5.10 Å². The normalized spacial score (nSPS) is 12.8. The molecule has 0 amide bonds. The lowest BCUT2D eigenvalue weighted by molar-refractivity contribution is -0.142. The molecule has 3 nitrogen and oxygen atoms in total. The molecule has 2 heterocycles. The molecule has 0 atom stereocenters. The molecule has 1 aromatic carbocycles. The van der Waals surface area contributed by atoms with Crippen molar-refractivity contribution < 1.29 is 26.3 Å². The van der Waals surface area contributed by atoms with Crippen LogP contribution in [0, 0.1) is 0 Å². The maximum atomic E-state index is 13.0. The number of benzene rings is 1. The van der Waals surface area contributed by atoms with Crippen LogP contribution in [-0.2, 0) is 12.4 Å². The Kier molecular flexibility index (Phi) is 3.82. The van der Waals surface area contributed by atoms with Crippen LogP contribution in [0.3, 0.4) is 0 Å². The molecule has 3 aromatic rings. The van der Waals surface area contributed by atoms with E-state index in [0.29, 0.717) is 4.52 Å². The molecule has 10 heteroatoms. The minimum Gasteiger partial charge on any atom is -0.207 e. The summed E-state index contributed by atoms with van der Waals surface area (Å²) in [5.74, 6) is 0. The average molecular weight is 410 g/mol. The van der Waals surface area contributed by atoms with Crippen LogP contribution in [-0.4, -0.2) is 14.6 Å². The Morgan fingerprint density at radius 2 is 1.62 bits per heavy atom. The van der Waals surface area contributed by atoms with Crippen molar-refractivity contribution >= 4 is 21.6 Å². The van der Waals surface area contributed by atoms with E-state index in [2.05, 4.69) is 26.0 Å². The second-order valence-corrected chi connectivity index (χ2v) is 5.53. The Hall–Kier alpha value is -2.10. The zero-order valence-electron chi connectivity index (χ0n) is 11.5. The highest BCUT2D eigenvalue weighted by molar-refractivity contribution is 9.10. The van der Waals surface area contributed by atoms with Crippen molar-refractivity contribution in [2.24, 2.45) is 0 Å². The molecule has 0 saturated carbocycles. The zero-order valence-corrected chi connectivity index (χ0v) is 13.0. The van der Waals surface area contributed by atoms with Crippen molar-refractivity contribution in [1.82, 2.24) is 14.6 Å². The Bertz CT molecular complexity index is 913. The van der Waals surface area contributed by atoms with Crippen molar-refractivity contribution in [2.75, 3.05) is 0 Å². The quantitative estimate of drug-likeness (QED) is 0.517. The summed E-state index contributed by atoms with van der Waals surface area (Å²) in [5.41, 5.74) is -1.99. The first kappa shape index (κ1) is 16.7. The second kappa shape index (κ2) is 5.47. The Balaban J connectivity index is 2.26. The highest BCUT2D eigenvalue weighted by Crippen LogP contribution is 2.36. The van der Waals surface area contributed by atoms with Crippen LogP contribution in [0.4, 0.5) is 26.3 Å². The summed E-state index contributed by atoms with van der Waals surface area (Å²) in [6, 6.07) is 6.10. The number of alkyl halides is 6. The first-order chi connectivity index (χ1) is 11.1. The van der Waals surface area contributed by atoms with Gasteiger partial charge in [-0.3, -0.25) is 0 Å². The molecule has 0 aliphatic carbocycles. The van der Waals surface area contributed by atoms with Gasteiger partial charge in [0.15, 0.2) is 5.65 Å². The number of hydrogen-bond donors (Lipinski definition) is 0. The van der Waals surface area contributed by atoms with Gasteiger partial charge in [0.1, 0.15) is 5.69 Å². The van der Waals surface area contributed by atoms with Crippen LogP contribution >= 0.6 is 15.9 Å². The number of pyridine rings is 1. The first-order valence-corrected chi connectivity index (χ1v) is 7.17. The van der Waals surface area contributed by atoms with E-state index < -0.39 is 23.6 Å². The molecule has 0 fully saturated rings. The third-order valence-electron chi connectivity index (χ3n) is 3.25. The summed E-state index contributed by atoms with van der Waals surface area (Å²) < 4.78 is 78.0. The number of rotatable bonds is 1. The molecule has 0 saturated heterocycles. The van der Waals surface area contributed by atoms with Gasteiger partial charge in [0.2, 0.25) is 4.73 Å². The lowest BCUT2D eigenvalue weighted by Gasteiger charge is -2.12. The zero-order chi connectivity index (χ0) is 17.7. The van der Waals surface area contributed by atoms with Gasteiger partial charge in [-0.05, 0) is 45.8 Å². The van der Waals surface area contributed by atoms with E-state index in [1.807, 2.05) is 0 Å². The van der Waals surface area contributed by atoms with E-state index >= 15 is 0 Å². The topological polar surface area (TPSA) is 30.2 Å². The van der Waals surface area contributed by atoms with Crippen LogP contribution in [0.25, 0.3) is 16.8 Å². The third kappa shape index (κ3) is 2.97. The smallest absolute Gasteiger partial charge is 0.207 e. The molecule has 3 rings (SSSR count). The van der Waals surface area contributed by atoms with Crippen molar-refractivity contribution in [2.45, 2.75) is 12.4 Å². The van der Waals surface area contributed by atoms with E-state index in [1.165, 1.54) is 12.1 Å². The minimum atomic E-state index is -4.68. The standard InChI is InChI=1S/C14H6BrF6N3/c15-12-22-11-9(4-5-10(14(19,20)21)24(11)23-12)7-2-1-3-8(6-7)13(16,17)18/h1-6H. The van der Waals surface area contributed by atoms with E-state index in [4.69, 9.17) is 0 Å². The minimum absolute atomic E-state index is 0.0865. The van der Waals surface area contributed by atoms with Crippen LogP contribution in [0.2, 0.25) is 0 Å². The summed E-state index contributed by atoms with van der Waals surface area (Å²) in [6.45, 7) is 0. The molecular weight excluding hydrogens is 404 g/mol. The monoisotopic (exact) mass is 409 g/mol. The fraction of sp³-hybridized carbons (Fsp3) is 0.143. The van der Waals surface area contributed by atoms with E-state index in [1.54, 1.807) is 0 Å². The number of fused-ring (bicyclic) bond motifs is 1. The summed E-state index contributed by atoms with van der Waals surface area (Å²) in [6.07, 6.45) is -9.25. The van der Waals surface area contributed by atoms with E-state index in [9.17, 15) is 26.3 Å². The van der Waals surface area contributed by atoms with Gasteiger partial charge in [-0.2, -0.15) is 26.3 Å². The number of halogens is 7. The molecular formula is C14H6BrF6N3. The number of hydrogen-bond acceptors (Lipinski definition) is 2. The third-order valence-corrected chi connectivity index (χ3v) is 3.59. The van der Waals surface area contributed by atoms with Gasteiger partial charge < -0.3 is 0 Å². The molecule has 24 heavy (non-hydrogen) atoms. The van der Waals surface area contributed by atoms with Crippen molar-refractivity contribution in [1.29, 1.82) is 0 Å². The van der Waals surface area contributed by atoms with Gasteiger partial charge in [-0.1, -0.05) is 12.1 Å². The van der Waals surface area contributed by atoms with E-state index in [0.717, 1.165) is 24.3 Å². The molecule has 0 N–H and O–H groups in total. The Labute approximate surface area is 139 Å². The molecule has 0 radical (unpaired) electrons. The Morgan fingerprint density at radius 1 is 0.917 bits per heavy atom. The van der Waals surface area contributed by atoms with Crippen LogP contribution in [0.15, 0.2) is 41.1 Å². The predicted molar refractivity (Wildman–Crippen MR) is 76.1 cm³/mol. The molecule has 2 aromatic heterocycles. The van der Waals surface area contributed by atoms with Crippen molar-refractivity contribution in [3.63, 3.8) is 0 Å². The van der Waals surface area contributed by atoms with Crippen LogP contribution in [0.5, 0.6) is 0 Å². The molecule has 0 unspecified atom stereocenters. The van der Waals surface area contributed by atoms with E-state index in [-0.39, 0.29) is 21.5 Å². The fourth-order valence-electron chi connectivity index (χ4n) is 2.24. The van der Waals surface area contributed by atoms with Crippen LogP contribution in [0.1, 0.15) is 11.3 Å². The highest BCUT2D eigenvalue weighted by atomic mass is 79.9. The van der Waals surface area contributed by atoms with Gasteiger partial charge in [0.25, 0.3) is 0 Å². The van der Waals surface area contributed by atoms with Crippen molar-refractivity contribution in [3.05, 3.63) is 52.4 Å². The summed E-state index contributed by atoms with van der Waals surface area (Å²) in [7, 11) is 0. The predicted octanol–water partition coefficient (Wildman–Crippen LogP) is 5.20. The SMILES string of the molecule is FC(F)(F)c1cccc(-c2ccc(C(F)(F)F)n3nc(Br)nc23)c1. The summed E-state index contributed by atoms with van der Waals surface area (Å²) >= 11 is 2.89. The van der Waals surface area contributed by atoms with Crippen LogP contribution < -0.4 is 0 Å². The molecule has 0 bridgehead atoms. The summed E-state index contributed by atoms with van der Waals surface area (Å²) in [4.78, 5) is 3.84. The maximum absolute atomic E-state index is 13.0. The second-order valence-electron chi connectivity index (χ2n) is 4.82. The summed E-state index contributed by atoms with van der Waals surface area (Å²) in [5, 5.41) is 3.62. The van der Waals surface area contributed by atoms with Gasteiger partial charge in [-0.25, -0.2) is 9.50 Å². The highest BCUT2D eigenvalue weighted by Gasteiger charge is 2.35. The molecule has 0 aliphatic heterocycles. The molecule has 0 spiro atoms. The lowest BCUT2D eigenvalue weighted by Crippen LogP contribution is -2.12. The molecule has 126 valence electrons. The van der Waals surface area contributed by atoms with Gasteiger partial charge in [0, 0.05) is 5.56 Å². The maximum Gasteiger partial charge on any atom is 0.433 e. The molecule has 0 aliphatic rings. The van der Waals surface area contributed by atoms with Gasteiger partial charge >= 0.3 is 12.4 Å². The number of nitrogens with zero attached hydrogens (tertiary/aromatic N) is 3. The Morgan fingerprint density at radius 3 is 2.25 bits per heavy atom. The first-order valence-electron chi connectivity index (χ1n) is 6.37. The largest absolute Gasteiger partial charge is 0.433 e. The lowest BCUT2D eigenvalue weighted by atomic mass is 10.0. The fourth-order valence-corrected chi connectivity index (χ4v) is 2.57.